The molecule has 0 aromatic carbocycles. The molecule has 3 rings (SSSR count). The van der Waals surface area contributed by atoms with E-state index in [9.17, 15) is 13.2 Å². The van der Waals surface area contributed by atoms with E-state index in [0.717, 1.165) is 19.3 Å². The van der Waals surface area contributed by atoms with Gasteiger partial charge in [0.2, 0.25) is 5.91 Å². The zero-order valence-corrected chi connectivity index (χ0v) is 12.6. The molecule has 3 aliphatic rings. The Hall–Kier alpha value is -0.620. The zero-order valence-electron chi connectivity index (χ0n) is 11.8. The molecule has 5 nitrogen and oxygen atoms in total. The molecule has 6 heteroatoms. The van der Waals surface area contributed by atoms with E-state index in [1.807, 2.05) is 0 Å². The maximum atomic E-state index is 12.1. The summed E-state index contributed by atoms with van der Waals surface area (Å²) in [4.78, 5) is 12.1. The van der Waals surface area contributed by atoms with Gasteiger partial charge < -0.3 is 10.6 Å². The average molecular weight is 300 g/mol. The lowest BCUT2D eigenvalue weighted by Crippen LogP contribution is -2.45. The van der Waals surface area contributed by atoms with Crippen molar-refractivity contribution in [3.05, 3.63) is 0 Å². The fourth-order valence-corrected chi connectivity index (χ4v) is 5.66. The van der Waals surface area contributed by atoms with Gasteiger partial charge in [0.15, 0.2) is 9.84 Å². The normalized spacial score (nSPS) is 39.4. The molecule has 2 N–H and O–H groups in total. The van der Waals surface area contributed by atoms with Gasteiger partial charge in [0.05, 0.1) is 11.5 Å². The molecule has 1 amide bonds. The molecule has 3 atom stereocenters. The summed E-state index contributed by atoms with van der Waals surface area (Å²) in [6.45, 7) is 0. The molecular formula is C14H24N2O3S. The highest BCUT2D eigenvalue weighted by atomic mass is 32.2. The summed E-state index contributed by atoms with van der Waals surface area (Å²) in [7, 11) is -2.94. The number of piperidine rings is 1. The Kier molecular flexibility index (Phi) is 4.04. The van der Waals surface area contributed by atoms with Crippen molar-refractivity contribution >= 4 is 15.7 Å². The van der Waals surface area contributed by atoms with E-state index < -0.39 is 9.84 Å². The Morgan fingerprint density at radius 2 is 1.85 bits per heavy atom. The largest absolute Gasteiger partial charge is 0.352 e. The first-order valence-corrected chi connectivity index (χ1v) is 9.58. The van der Waals surface area contributed by atoms with Crippen molar-refractivity contribution in [3.63, 3.8) is 0 Å². The second kappa shape index (κ2) is 5.64. The van der Waals surface area contributed by atoms with Crippen molar-refractivity contribution < 1.29 is 13.2 Å². The Labute approximate surface area is 120 Å². The summed E-state index contributed by atoms with van der Waals surface area (Å²) in [5.41, 5.74) is 0. The molecule has 3 aliphatic heterocycles. The Morgan fingerprint density at radius 3 is 2.50 bits per heavy atom. The highest BCUT2D eigenvalue weighted by Crippen LogP contribution is 2.32. The quantitative estimate of drug-likeness (QED) is 0.800. The zero-order chi connectivity index (χ0) is 14.2. The minimum atomic E-state index is -2.94. The van der Waals surface area contributed by atoms with Gasteiger partial charge in [-0.25, -0.2) is 8.42 Å². The first kappa shape index (κ1) is 14.3. The van der Waals surface area contributed by atoms with Gasteiger partial charge in [-0.2, -0.15) is 0 Å². The van der Waals surface area contributed by atoms with Crippen LogP contribution >= 0.6 is 0 Å². The van der Waals surface area contributed by atoms with Crippen LogP contribution in [0.25, 0.3) is 0 Å². The van der Waals surface area contributed by atoms with Gasteiger partial charge >= 0.3 is 0 Å². The van der Waals surface area contributed by atoms with Gasteiger partial charge in [-0.15, -0.1) is 0 Å². The molecule has 2 bridgehead atoms. The second-order valence-electron chi connectivity index (χ2n) is 6.70. The van der Waals surface area contributed by atoms with Crippen LogP contribution in [0.15, 0.2) is 0 Å². The Balaban J connectivity index is 1.47. The highest BCUT2D eigenvalue weighted by molar-refractivity contribution is 7.91. The topological polar surface area (TPSA) is 75.3 Å². The van der Waals surface area contributed by atoms with Crippen LogP contribution in [-0.4, -0.2) is 44.0 Å². The standard InChI is InChI=1S/C14H24N2O3S/c17-14(16-13-2-1-5-20(18,19)9-13)8-10-6-11-3-4-12(7-10)15-11/h10-13,15H,1-9H2,(H,16,17). The van der Waals surface area contributed by atoms with Crippen LogP contribution in [-0.2, 0) is 14.6 Å². The molecule has 3 saturated heterocycles. The van der Waals surface area contributed by atoms with Crippen molar-refractivity contribution in [2.45, 2.75) is 63.1 Å². The minimum Gasteiger partial charge on any atom is -0.352 e. The molecule has 0 aromatic rings. The predicted molar refractivity (Wildman–Crippen MR) is 77.1 cm³/mol. The van der Waals surface area contributed by atoms with Crippen LogP contribution in [0.1, 0.15) is 44.9 Å². The molecule has 3 unspecified atom stereocenters. The summed E-state index contributed by atoms with van der Waals surface area (Å²) < 4.78 is 23.1. The third-order valence-electron chi connectivity index (χ3n) is 4.87. The molecule has 0 aliphatic carbocycles. The second-order valence-corrected chi connectivity index (χ2v) is 8.93. The van der Waals surface area contributed by atoms with E-state index >= 15 is 0 Å². The van der Waals surface area contributed by atoms with Crippen molar-refractivity contribution in [3.8, 4) is 0 Å². The minimum absolute atomic E-state index is 0.0402. The number of hydrogen-bond acceptors (Lipinski definition) is 4. The van der Waals surface area contributed by atoms with Gasteiger partial charge in [0.1, 0.15) is 0 Å². The third kappa shape index (κ3) is 3.52. The van der Waals surface area contributed by atoms with Crippen LogP contribution in [0.5, 0.6) is 0 Å². The molecule has 3 fully saturated rings. The summed E-state index contributed by atoms with van der Waals surface area (Å²) >= 11 is 0. The van der Waals surface area contributed by atoms with Crippen LogP contribution < -0.4 is 10.6 Å². The average Bonchev–Trinajstić information content (AvgIpc) is 2.67. The van der Waals surface area contributed by atoms with Crippen LogP contribution in [0.4, 0.5) is 0 Å². The summed E-state index contributed by atoms with van der Waals surface area (Å²) in [5.74, 6) is 0.903. The van der Waals surface area contributed by atoms with Gasteiger partial charge in [0, 0.05) is 24.5 Å². The SMILES string of the molecule is O=C(CC1CC2CCC(C1)N2)NC1CCCS(=O)(=O)C1. The summed E-state index contributed by atoms with van der Waals surface area (Å²) in [6, 6.07) is 1.03. The van der Waals surface area contributed by atoms with Gasteiger partial charge in [-0.1, -0.05) is 0 Å². The Bertz CT molecular complexity index is 465. The van der Waals surface area contributed by atoms with Gasteiger partial charge in [-0.3, -0.25) is 4.79 Å². The lowest BCUT2D eigenvalue weighted by atomic mass is 9.89. The Morgan fingerprint density at radius 1 is 1.15 bits per heavy atom. The van der Waals surface area contributed by atoms with E-state index in [4.69, 9.17) is 0 Å². The lowest BCUT2D eigenvalue weighted by Gasteiger charge is -2.29. The van der Waals surface area contributed by atoms with Gasteiger partial charge in [0.25, 0.3) is 0 Å². The third-order valence-corrected chi connectivity index (χ3v) is 6.69. The molecule has 0 radical (unpaired) electrons. The van der Waals surface area contributed by atoms with Crippen LogP contribution in [0, 0.1) is 5.92 Å². The van der Waals surface area contributed by atoms with E-state index in [2.05, 4.69) is 10.6 Å². The molecule has 20 heavy (non-hydrogen) atoms. The van der Waals surface area contributed by atoms with Crippen molar-refractivity contribution in [2.75, 3.05) is 11.5 Å². The fourth-order valence-electron chi connectivity index (χ4n) is 4.03. The van der Waals surface area contributed by atoms with Crippen molar-refractivity contribution in [1.29, 1.82) is 0 Å². The van der Waals surface area contributed by atoms with Crippen molar-refractivity contribution in [1.82, 2.24) is 10.6 Å². The molecule has 0 spiro atoms. The monoisotopic (exact) mass is 300 g/mol. The number of carbonyl (C=O) groups is 1. The number of fused-ring (bicyclic) bond motifs is 2. The number of nitrogens with one attached hydrogen (secondary N) is 2. The summed E-state index contributed by atoms with van der Waals surface area (Å²) in [5, 5.41) is 6.51. The lowest BCUT2D eigenvalue weighted by molar-refractivity contribution is -0.122. The summed E-state index contributed by atoms with van der Waals surface area (Å²) in [6.07, 6.45) is 6.69. The number of rotatable bonds is 3. The fraction of sp³-hybridized carbons (Fsp3) is 0.929. The maximum Gasteiger partial charge on any atom is 0.220 e. The first-order valence-electron chi connectivity index (χ1n) is 7.76. The molecule has 0 aromatic heterocycles. The molecular weight excluding hydrogens is 276 g/mol. The van der Waals surface area contributed by atoms with E-state index in [0.29, 0.717) is 30.8 Å². The van der Waals surface area contributed by atoms with E-state index in [1.165, 1.54) is 12.8 Å². The maximum absolute atomic E-state index is 12.1. The first-order chi connectivity index (χ1) is 9.50. The molecule has 114 valence electrons. The molecule has 0 saturated carbocycles. The van der Waals surface area contributed by atoms with Crippen LogP contribution in [0.3, 0.4) is 0 Å². The number of amides is 1. The van der Waals surface area contributed by atoms with Gasteiger partial charge in [-0.05, 0) is 44.4 Å². The molecule has 3 heterocycles. The van der Waals surface area contributed by atoms with Crippen molar-refractivity contribution in [2.24, 2.45) is 5.92 Å². The number of carbonyl (C=O) groups excluding carboxylic acids is 1. The van der Waals surface area contributed by atoms with E-state index in [-0.39, 0.29) is 23.5 Å². The highest BCUT2D eigenvalue weighted by Gasteiger charge is 2.34. The number of sulfone groups is 1. The van der Waals surface area contributed by atoms with E-state index in [1.54, 1.807) is 0 Å². The number of hydrogen-bond donors (Lipinski definition) is 2. The predicted octanol–water partition coefficient (Wildman–Crippen LogP) is 0.601. The van der Waals surface area contributed by atoms with Crippen LogP contribution in [0.2, 0.25) is 0 Å². The smallest absolute Gasteiger partial charge is 0.220 e.